The van der Waals surface area contributed by atoms with Crippen LogP contribution >= 0.6 is 11.6 Å². The van der Waals surface area contributed by atoms with E-state index in [1.165, 1.54) is 6.33 Å². The van der Waals surface area contributed by atoms with Crippen molar-refractivity contribution in [2.45, 2.75) is 19.5 Å². The Labute approximate surface area is 138 Å². The lowest BCUT2D eigenvalue weighted by molar-refractivity contribution is 0.0909. The fourth-order valence-corrected chi connectivity index (χ4v) is 2.44. The standard InChI is InChI=1S/C16H15ClN4O2/c1-11(8-21-10-18-9-19-21)20-16(22)15-7-6-14(23-15)12-4-2-3-5-13(12)17/h2-7,9-11H,8H2,1H3,(H,20,22)/t11-/m0/s1. The molecule has 0 spiro atoms. The van der Waals surface area contributed by atoms with E-state index in [9.17, 15) is 4.79 Å². The average molecular weight is 331 g/mol. The fourth-order valence-electron chi connectivity index (χ4n) is 2.21. The molecule has 0 bridgehead atoms. The molecule has 0 aliphatic rings. The molecule has 0 aliphatic heterocycles. The number of hydrogen-bond donors (Lipinski definition) is 1. The van der Waals surface area contributed by atoms with Crippen LogP contribution in [0.15, 0.2) is 53.5 Å². The SMILES string of the molecule is C[C@@H](Cn1cncn1)NC(=O)c1ccc(-c2ccccc2Cl)o1. The van der Waals surface area contributed by atoms with E-state index in [0.29, 0.717) is 17.3 Å². The number of amides is 1. The van der Waals surface area contributed by atoms with Crippen LogP contribution in [0.2, 0.25) is 5.02 Å². The number of benzene rings is 1. The summed E-state index contributed by atoms with van der Waals surface area (Å²) in [5.74, 6) is 0.519. The number of furan rings is 1. The van der Waals surface area contributed by atoms with Crippen molar-refractivity contribution >= 4 is 17.5 Å². The number of aromatic nitrogens is 3. The van der Waals surface area contributed by atoms with Crippen LogP contribution in [0.1, 0.15) is 17.5 Å². The van der Waals surface area contributed by atoms with Crippen molar-refractivity contribution in [1.29, 1.82) is 0 Å². The molecule has 2 heterocycles. The Balaban J connectivity index is 1.68. The second-order valence-electron chi connectivity index (χ2n) is 5.14. The highest BCUT2D eigenvalue weighted by atomic mass is 35.5. The molecule has 0 saturated carbocycles. The fraction of sp³-hybridized carbons (Fsp3) is 0.188. The monoisotopic (exact) mass is 330 g/mol. The van der Waals surface area contributed by atoms with E-state index in [-0.39, 0.29) is 17.7 Å². The van der Waals surface area contributed by atoms with Gasteiger partial charge in [0.15, 0.2) is 5.76 Å². The van der Waals surface area contributed by atoms with Crippen molar-refractivity contribution in [2.24, 2.45) is 0 Å². The molecule has 1 amide bonds. The first-order chi connectivity index (χ1) is 11.1. The molecule has 2 aromatic heterocycles. The molecule has 1 atom stereocenters. The van der Waals surface area contributed by atoms with Crippen LogP contribution in [0.3, 0.4) is 0 Å². The van der Waals surface area contributed by atoms with Crippen LogP contribution in [0.5, 0.6) is 0 Å². The smallest absolute Gasteiger partial charge is 0.287 e. The van der Waals surface area contributed by atoms with Gasteiger partial charge in [0.05, 0.1) is 11.6 Å². The minimum Gasteiger partial charge on any atom is -0.451 e. The number of carbonyl (C=O) groups excluding carboxylic acids is 1. The summed E-state index contributed by atoms with van der Waals surface area (Å²) < 4.78 is 7.27. The number of rotatable bonds is 5. The number of carbonyl (C=O) groups is 1. The minimum atomic E-state index is -0.282. The van der Waals surface area contributed by atoms with Gasteiger partial charge in [-0.3, -0.25) is 9.48 Å². The first-order valence-corrected chi connectivity index (χ1v) is 7.49. The van der Waals surface area contributed by atoms with Crippen LogP contribution < -0.4 is 5.32 Å². The van der Waals surface area contributed by atoms with Gasteiger partial charge >= 0.3 is 0 Å². The average Bonchev–Trinajstić information content (AvgIpc) is 3.19. The van der Waals surface area contributed by atoms with Crippen molar-refractivity contribution in [3.05, 3.63) is 59.8 Å². The van der Waals surface area contributed by atoms with E-state index >= 15 is 0 Å². The third-order valence-electron chi connectivity index (χ3n) is 3.27. The lowest BCUT2D eigenvalue weighted by atomic mass is 10.2. The van der Waals surface area contributed by atoms with Crippen LogP contribution in [0.25, 0.3) is 11.3 Å². The lowest BCUT2D eigenvalue weighted by Crippen LogP contribution is -2.35. The zero-order valence-electron chi connectivity index (χ0n) is 12.4. The van der Waals surface area contributed by atoms with Crippen molar-refractivity contribution in [2.75, 3.05) is 0 Å². The molecular formula is C16H15ClN4O2. The van der Waals surface area contributed by atoms with Crippen LogP contribution in [-0.2, 0) is 6.54 Å². The number of nitrogens with zero attached hydrogens (tertiary/aromatic N) is 3. The first kappa shape index (κ1) is 15.3. The van der Waals surface area contributed by atoms with Crippen molar-refractivity contribution in [3.63, 3.8) is 0 Å². The molecule has 0 unspecified atom stereocenters. The quantitative estimate of drug-likeness (QED) is 0.780. The predicted molar refractivity (Wildman–Crippen MR) is 86.1 cm³/mol. The van der Waals surface area contributed by atoms with Gasteiger partial charge in [-0.15, -0.1) is 0 Å². The van der Waals surface area contributed by atoms with Crippen LogP contribution in [0.4, 0.5) is 0 Å². The molecule has 3 aromatic rings. The molecule has 6 nitrogen and oxygen atoms in total. The Kier molecular flexibility index (Phi) is 4.43. The molecule has 3 rings (SSSR count). The summed E-state index contributed by atoms with van der Waals surface area (Å²) >= 11 is 6.14. The Morgan fingerprint density at radius 1 is 1.35 bits per heavy atom. The summed E-state index contributed by atoms with van der Waals surface area (Å²) in [5, 5.41) is 7.44. The Morgan fingerprint density at radius 2 is 2.17 bits per heavy atom. The molecule has 23 heavy (non-hydrogen) atoms. The van der Waals surface area contributed by atoms with E-state index < -0.39 is 0 Å². The summed E-state index contributed by atoms with van der Waals surface area (Å²) in [6.45, 7) is 2.42. The van der Waals surface area contributed by atoms with Gasteiger partial charge in [-0.05, 0) is 31.2 Å². The summed E-state index contributed by atoms with van der Waals surface area (Å²) in [5.41, 5.74) is 0.754. The maximum Gasteiger partial charge on any atom is 0.287 e. The van der Waals surface area contributed by atoms with Crippen molar-refractivity contribution in [3.8, 4) is 11.3 Å². The predicted octanol–water partition coefficient (Wildman–Crippen LogP) is 3.01. The number of nitrogens with one attached hydrogen (secondary N) is 1. The van der Waals surface area contributed by atoms with Gasteiger partial charge in [-0.25, -0.2) is 4.98 Å². The van der Waals surface area contributed by atoms with E-state index in [4.69, 9.17) is 16.0 Å². The molecule has 0 fully saturated rings. The maximum absolute atomic E-state index is 12.2. The normalized spacial score (nSPS) is 12.1. The molecule has 1 aromatic carbocycles. The second kappa shape index (κ2) is 6.66. The summed E-state index contributed by atoms with van der Waals surface area (Å²) in [4.78, 5) is 16.1. The Hall–Kier alpha value is -2.60. The maximum atomic E-state index is 12.2. The van der Waals surface area contributed by atoms with E-state index in [1.807, 2.05) is 25.1 Å². The molecule has 1 N–H and O–H groups in total. The van der Waals surface area contributed by atoms with E-state index in [0.717, 1.165) is 5.56 Å². The third-order valence-corrected chi connectivity index (χ3v) is 3.60. The van der Waals surface area contributed by atoms with Gasteiger partial charge in [-0.1, -0.05) is 23.7 Å². The minimum absolute atomic E-state index is 0.113. The van der Waals surface area contributed by atoms with Crippen molar-refractivity contribution in [1.82, 2.24) is 20.1 Å². The Bertz CT molecular complexity index is 798. The molecule has 0 saturated heterocycles. The van der Waals surface area contributed by atoms with E-state index in [1.54, 1.807) is 29.2 Å². The highest BCUT2D eigenvalue weighted by Crippen LogP contribution is 2.28. The van der Waals surface area contributed by atoms with Gasteiger partial charge in [0.2, 0.25) is 0 Å². The van der Waals surface area contributed by atoms with Crippen LogP contribution in [0, 0.1) is 0 Å². The van der Waals surface area contributed by atoms with Gasteiger partial charge in [-0.2, -0.15) is 5.10 Å². The highest BCUT2D eigenvalue weighted by molar-refractivity contribution is 6.33. The molecule has 0 aliphatic carbocycles. The van der Waals surface area contributed by atoms with Gasteiger partial charge < -0.3 is 9.73 Å². The topological polar surface area (TPSA) is 73.0 Å². The molecular weight excluding hydrogens is 316 g/mol. The second-order valence-corrected chi connectivity index (χ2v) is 5.54. The van der Waals surface area contributed by atoms with Gasteiger partial charge in [0.1, 0.15) is 18.4 Å². The third kappa shape index (κ3) is 3.60. The summed E-state index contributed by atoms with van der Waals surface area (Å²) in [7, 11) is 0. The van der Waals surface area contributed by atoms with Crippen molar-refractivity contribution < 1.29 is 9.21 Å². The molecule has 7 heteroatoms. The summed E-state index contributed by atoms with van der Waals surface area (Å²) in [6.07, 6.45) is 3.06. The first-order valence-electron chi connectivity index (χ1n) is 7.11. The Morgan fingerprint density at radius 3 is 2.91 bits per heavy atom. The molecule has 118 valence electrons. The zero-order chi connectivity index (χ0) is 16.2. The van der Waals surface area contributed by atoms with Gasteiger partial charge in [0, 0.05) is 11.6 Å². The molecule has 0 radical (unpaired) electrons. The zero-order valence-corrected chi connectivity index (χ0v) is 13.2. The van der Waals surface area contributed by atoms with Gasteiger partial charge in [0.25, 0.3) is 5.91 Å². The lowest BCUT2D eigenvalue weighted by Gasteiger charge is -2.12. The number of hydrogen-bond acceptors (Lipinski definition) is 4. The van der Waals surface area contributed by atoms with Crippen LogP contribution in [-0.4, -0.2) is 26.7 Å². The van der Waals surface area contributed by atoms with E-state index in [2.05, 4.69) is 15.4 Å². The number of halogens is 1. The highest BCUT2D eigenvalue weighted by Gasteiger charge is 2.16. The largest absolute Gasteiger partial charge is 0.451 e. The summed E-state index contributed by atoms with van der Waals surface area (Å²) in [6, 6.07) is 10.6.